The summed E-state index contributed by atoms with van der Waals surface area (Å²) in [7, 11) is 0. The number of nitrogens with zero attached hydrogens (tertiary/aromatic N) is 3. The van der Waals surface area contributed by atoms with Crippen molar-refractivity contribution in [3.8, 4) is 5.75 Å². The fourth-order valence-electron chi connectivity index (χ4n) is 3.78. The van der Waals surface area contributed by atoms with E-state index in [-0.39, 0.29) is 0 Å². The number of anilines is 1. The first-order valence-electron chi connectivity index (χ1n) is 10.5. The highest BCUT2D eigenvalue weighted by Gasteiger charge is 2.20. The molecule has 0 atom stereocenters. The average Bonchev–Trinajstić information content (AvgIpc) is 2.71. The summed E-state index contributed by atoms with van der Waals surface area (Å²) in [5.74, 6) is 2.43. The van der Waals surface area contributed by atoms with Crippen molar-refractivity contribution < 1.29 is 9.53 Å². The Balaban J connectivity index is 1.38. The molecule has 1 saturated heterocycles. The van der Waals surface area contributed by atoms with Crippen LogP contribution in [-0.2, 0) is 0 Å². The van der Waals surface area contributed by atoms with Crippen LogP contribution in [0.25, 0.3) is 0 Å². The number of benzene rings is 1. The summed E-state index contributed by atoms with van der Waals surface area (Å²) in [4.78, 5) is 22.7. The van der Waals surface area contributed by atoms with Crippen LogP contribution in [0.15, 0.2) is 30.6 Å². The van der Waals surface area contributed by atoms with E-state index in [0.29, 0.717) is 18.1 Å². The average molecular weight is 397 g/mol. The fourth-order valence-corrected chi connectivity index (χ4v) is 3.78. The first-order chi connectivity index (χ1) is 13.9. The fraction of sp³-hybridized carbons (Fsp3) is 0.522. The van der Waals surface area contributed by atoms with Crippen molar-refractivity contribution in [2.24, 2.45) is 11.7 Å². The van der Waals surface area contributed by atoms with E-state index < -0.39 is 5.91 Å². The van der Waals surface area contributed by atoms with E-state index >= 15 is 0 Å². The zero-order valence-electron chi connectivity index (χ0n) is 17.7. The van der Waals surface area contributed by atoms with Crippen molar-refractivity contribution in [1.82, 2.24) is 9.97 Å². The van der Waals surface area contributed by atoms with Gasteiger partial charge in [0.25, 0.3) is 0 Å². The van der Waals surface area contributed by atoms with Crippen molar-refractivity contribution in [3.05, 3.63) is 47.3 Å². The maximum atomic E-state index is 11.3. The van der Waals surface area contributed by atoms with Gasteiger partial charge in [-0.05, 0) is 73.8 Å². The molecular weight excluding hydrogens is 364 g/mol. The lowest BCUT2D eigenvalue weighted by molar-refractivity contribution is 0.0999. The molecule has 29 heavy (non-hydrogen) atoms. The number of amides is 1. The SMILES string of the molecule is Cc1cc(OCCCC2CCN(c3ncc(C(C)C)cn3)CC2)ccc1C(N)=O. The first-order valence-corrected chi connectivity index (χ1v) is 10.5. The van der Waals surface area contributed by atoms with E-state index in [1.807, 2.05) is 31.5 Å². The van der Waals surface area contributed by atoms with Gasteiger partial charge in [-0.2, -0.15) is 0 Å². The second-order valence-electron chi connectivity index (χ2n) is 8.23. The number of hydrogen-bond donors (Lipinski definition) is 1. The molecule has 0 spiro atoms. The Morgan fingerprint density at radius 2 is 1.93 bits per heavy atom. The smallest absolute Gasteiger partial charge is 0.248 e. The number of aromatic nitrogens is 2. The molecule has 6 heteroatoms. The van der Waals surface area contributed by atoms with Gasteiger partial charge in [-0.25, -0.2) is 9.97 Å². The van der Waals surface area contributed by atoms with Crippen molar-refractivity contribution in [2.75, 3.05) is 24.6 Å². The van der Waals surface area contributed by atoms with E-state index in [4.69, 9.17) is 10.5 Å². The molecule has 156 valence electrons. The number of piperidine rings is 1. The molecule has 1 aliphatic heterocycles. The Hall–Kier alpha value is -2.63. The van der Waals surface area contributed by atoms with Crippen LogP contribution < -0.4 is 15.4 Å². The molecule has 1 aromatic heterocycles. The number of primary amides is 1. The molecule has 1 fully saturated rings. The number of hydrogen-bond acceptors (Lipinski definition) is 5. The molecule has 0 saturated carbocycles. The Morgan fingerprint density at radius 1 is 1.24 bits per heavy atom. The molecule has 1 aromatic carbocycles. The van der Waals surface area contributed by atoms with E-state index in [1.54, 1.807) is 6.07 Å². The summed E-state index contributed by atoms with van der Waals surface area (Å²) in [6.45, 7) is 8.91. The van der Waals surface area contributed by atoms with E-state index in [1.165, 1.54) is 24.8 Å². The predicted octanol–water partition coefficient (Wildman–Crippen LogP) is 4.08. The number of rotatable bonds is 8. The minimum absolute atomic E-state index is 0.401. The maximum absolute atomic E-state index is 11.3. The van der Waals surface area contributed by atoms with Gasteiger partial charge >= 0.3 is 0 Å². The van der Waals surface area contributed by atoms with Gasteiger partial charge < -0.3 is 15.4 Å². The lowest BCUT2D eigenvalue weighted by Crippen LogP contribution is -2.35. The van der Waals surface area contributed by atoms with Crippen molar-refractivity contribution in [1.29, 1.82) is 0 Å². The summed E-state index contributed by atoms with van der Waals surface area (Å²) < 4.78 is 5.85. The van der Waals surface area contributed by atoms with Crippen molar-refractivity contribution in [3.63, 3.8) is 0 Å². The van der Waals surface area contributed by atoms with Gasteiger partial charge in [-0.1, -0.05) is 13.8 Å². The first kappa shape index (κ1) is 21.1. The molecule has 0 bridgehead atoms. The third kappa shape index (κ3) is 5.68. The molecule has 2 heterocycles. The number of aryl methyl sites for hydroxylation is 1. The van der Waals surface area contributed by atoms with Crippen LogP contribution in [0, 0.1) is 12.8 Å². The summed E-state index contributed by atoms with van der Waals surface area (Å²) in [5, 5.41) is 0. The van der Waals surface area contributed by atoms with Gasteiger partial charge in [0.2, 0.25) is 11.9 Å². The van der Waals surface area contributed by atoms with Gasteiger partial charge in [-0.15, -0.1) is 0 Å². The summed E-state index contributed by atoms with van der Waals surface area (Å²) in [6, 6.07) is 5.43. The number of ether oxygens (including phenoxy) is 1. The summed E-state index contributed by atoms with van der Waals surface area (Å²) >= 11 is 0. The molecule has 0 unspecified atom stereocenters. The summed E-state index contributed by atoms with van der Waals surface area (Å²) in [6.07, 6.45) is 8.44. The zero-order chi connectivity index (χ0) is 20.8. The minimum Gasteiger partial charge on any atom is -0.494 e. The highest BCUT2D eigenvalue weighted by molar-refractivity contribution is 5.94. The molecule has 2 N–H and O–H groups in total. The highest BCUT2D eigenvalue weighted by Crippen LogP contribution is 2.25. The van der Waals surface area contributed by atoms with Crippen LogP contribution in [0.5, 0.6) is 5.75 Å². The van der Waals surface area contributed by atoms with Crippen LogP contribution in [0.1, 0.15) is 66.9 Å². The van der Waals surface area contributed by atoms with Gasteiger partial charge in [0.05, 0.1) is 6.61 Å². The monoisotopic (exact) mass is 396 g/mol. The van der Waals surface area contributed by atoms with Gasteiger partial charge in [0, 0.05) is 31.0 Å². The van der Waals surface area contributed by atoms with E-state index in [2.05, 4.69) is 28.7 Å². The third-order valence-electron chi connectivity index (χ3n) is 5.71. The lowest BCUT2D eigenvalue weighted by Gasteiger charge is -2.32. The third-order valence-corrected chi connectivity index (χ3v) is 5.71. The quantitative estimate of drug-likeness (QED) is 0.680. The Bertz CT molecular complexity index is 812. The second kappa shape index (κ2) is 9.72. The molecule has 6 nitrogen and oxygen atoms in total. The van der Waals surface area contributed by atoms with Crippen LogP contribution in [-0.4, -0.2) is 35.6 Å². The largest absolute Gasteiger partial charge is 0.494 e. The number of carbonyl (C=O) groups is 1. The van der Waals surface area contributed by atoms with E-state index in [0.717, 1.165) is 42.7 Å². The summed E-state index contributed by atoms with van der Waals surface area (Å²) in [5.41, 5.74) is 7.93. The molecule has 0 aliphatic carbocycles. The van der Waals surface area contributed by atoms with Crippen LogP contribution in [0.4, 0.5) is 5.95 Å². The molecular formula is C23H32N4O2. The Labute approximate surface area is 173 Å². The van der Waals surface area contributed by atoms with Crippen LogP contribution in [0.3, 0.4) is 0 Å². The Morgan fingerprint density at radius 3 is 2.52 bits per heavy atom. The van der Waals surface area contributed by atoms with Crippen molar-refractivity contribution in [2.45, 2.75) is 52.4 Å². The van der Waals surface area contributed by atoms with Gasteiger partial charge in [0.15, 0.2) is 0 Å². The standard InChI is InChI=1S/C23H32N4O2/c1-16(2)19-14-25-23(26-15-19)27-10-8-18(9-11-27)5-4-12-29-20-6-7-21(22(24)28)17(3)13-20/h6-7,13-16,18H,4-5,8-12H2,1-3H3,(H2,24,28). The lowest BCUT2D eigenvalue weighted by atomic mass is 9.92. The van der Waals surface area contributed by atoms with Gasteiger partial charge in [0.1, 0.15) is 5.75 Å². The van der Waals surface area contributed by atoms with Crippen molar-refractivity contribution >= 4 is 11.9 Å². The molecule has 3 rings (SSSR count). The Kier molecular flexibility index (Phi) is 7.07. The number of carbonyl (C=O) groups excluding carboxylic acids is 1. The predicted molar refractivity (Wildman–Crippen MR) is 115 cm³/mol. The topological polar surface area (TPSA) is 81.3 Å². The molecule has 1 amide bonds. The molecule has 1 aliphatic rings. The zero-order valence-corrected chi connectivity index (χ0v) is 17.7. The molecule has 2 aromatic rings. The van der Waals surface area contributed by atoms with Crippen LogP contribution >= 0.6 is 0 Å². The highest BCUT2D eigenvalue weighted by atomic mass is 16.5. The normalized spacial score (nSPS) is 15.0. The van der Waals surface area contributed by atoms with E-state index in [9.17, 15) is 4.79 Å². The van der Waals surface area contributed by atoms with Crippen LogP contribution in [0.2, 0.25) is 0 Å². The minimum atomic E-state index is -0.401. The number of nitrogens with two attached hydrogens (primary N) is 1. The maximum Gasteiger partial charge on any atom is 0.248 e. The van der Waals surface area contributed by atoms with Gasteiger partial charge in [-0.3, -0.25) is 4.79 Å². The molecule has 0 radical (unpaired) electrons. The second-order valence-corrected chi connectivity index (χ2v) is 8.23.